The number of hydrogen-bond donors (Lipinski definition) is 0. The van der Waals surface area contributed by atoms with Gasteiger partial charge in [-0.3, -0.25) is 9.78 Å². The van der Waals surface area contributed by atoms with Crippen molar-refractivity contribution in [3.8, 4) is 0 Å². The summed E-state index contributed by atoms with van der Waals surface area (Å²) in [5.74, 6) is -4.02. The maximum atomic E-state index is 11.1. The number of hydrogen-bond acceptors (Lipinski definition) is 5. The van der Waals surface area contributed by atoms with Crippen molar-refractivity contribution in [2.45, 2.75) is 0 Å². The van der Waals surface area contributed by atoms with Gasteiger partial charge in [0.25, 0.3) is 0 Å². The molecule has 0 aliphatic heterocycles. The first-order valence-electron chi connectivity index (χ1n) is 3.66. The van der Waals surface area contributed by atoms with Crippen LogP contribution < -0.4 is 47.9 Å². The zero-order chi connectivity index (χ0) is 10.6. The van der Waals surface area contributed by atoms with Gasteiger partial charge in [0.05, 0.1) is 5.69 Å². The Morgan fingerprint density at radius 2 is 1.81 bits per heavy atom. The molecule has 1 aromatic rings. The molecule has 1 rings (SSSR count). The molecule has 0 bridgehead atoms. The topological polar surface area (TPSA) is 93.1 Å². The van der Waals surface area contributed by atoms with E-state index in [9.17, 15) is 19.8 Å². The Balaban J connectivity index is 0. The third-order valence-corrected chi connectivity index (χ3v) is 1.38. The van der Waals surface area contributed by atoms with E-state index in [1.54, 1.807) is 12.1 Å². The third kappa shape index (κ3) is 5.20. The Hall–Kier alpha value is -0.975. The molecule has 1 aromatic heterocycles. The fourth-order valence-electron chi connectivity index (χ4n) is 0.760. The van der Waals surface area contributed by atoms with Crippen molar-refractivity contribution >= 4 is 17.5 Å². The number of ketones is 1. The minimum Gasteiger partial charge on any atom is -0.871 e. The fraction of sp³-hybridized carbons (Fsp3) is 0. The van der Waals surface area contributed by atoms with Crippen LogP contribution in [0.3, 0.4) is 0 Å². The average Bonchev–Trinajstić information content (AvgIpc) is 2.19. The van der Waals surface area contributed by atoms with Crippen LogP contribution in [0.15, 0.2) is 30.5 Å². The van der Waals surface area contributed by atoms with Crippen LogP contribution in [0, 0.1) is 0 Å². The van der Waals surface area contributed by atoms with E-state index in [-0.39, 0.29) is 43.4 Å². The van der Waals surface area contributed by atoms with Crippen LogP contribution in [0.4, 0.5) is 0 Å². The van der Waals surface area contributed by atoms with Crippen molar-refractivity contribution < 1.29 is 57.5 Å². The van der Waals surface area contributed by atoms with Crippen molar-refractivity contribution in [3.63, 3.8) is 0 Å². The summed E-state index contributed by atoms with van der Waals surface area (Å²) < 4.78 is 0. The van der Waals surface area contributed by atoms with Crippen molar-refractivity contribution in [1.82, 2.24) is 4.98 Å². The number of aliphatic carboxylic acids is 1. The molecule has 0 radical (unpaired) electrons. The van der Waals surface area contributed by atoms with Crippen molar-refractivity contribution in [3.05, 3.63) is 36.2 Å². The summed E-state index contributed by atoms with van der Waals surface area (Å²) in [6, 6.07) is 4.52. The smallest absolute Gasteiger partial charge is 0.871 e. The van der Waals surface area contributed by atoms with Crippen LogP contribution in [0.5, 0.6) is 0 Å². The van der Waals surface area contributed by atoms with Gasteiger partial charge in [0.1, 0.15) is 5.97 Å². The van der Waals surface area contributed by atoms with Crippen molar-refractivity contribution in [2.75, 3.05) is 0 Å². The molecule has 0 atom stereocenters. The van der Waals surface area contributed by atoms with Gasteiger partial charge in [0.15, 0.2) is 0 Å². The normalized spacial score (nSPS) is 9.62. The van der Waals surface area contributed by atoms with E-state index in [2.05, 4.69) is 4.98 Å². The number of nitrogens with zero attached hydrogens (tertiary/aromatic N) is 1. The molecule has 7 heteroatoms. The number of carbonyl (C=O) groups is 2. The molecular weight excluding hydrogens is 200 g/mol. The quantitative estimate of drug-likeness (QED) is 0.211. The Kier molecular flexibility index (Phi) is 8.94. The first kappa shape index (κ1) is 17.4. The third-order valence-electron chi connectivity index (χ3n) is 1.38. The molecule has 0 saturated heterocycles. The van der Waals surface area contributed by atoms with Crippen LogP contribution in [-0.2, 0) is 9.59 Å². The summed E-state index contributed by atoms with van der Waals surface area (Å²) in [4.78, 5) is 24.2. The van der Waals surface area contributed by atoms with E-state index >= 15 is 0 Å². The number of carboxylic acid groups (broad SMARTS) is 1. The second kappa shape index (κ2) is 8.21. The van der Waals surface area contributed by atoms with E-state index in [0.717, 1.165) is 0 Å². The summed E-state index contributed by atoms with van der Waals surface area (Å²) >= 11 is 0. The molecule has 72 valence electrons. The molecule has 16 heavy (non-hydrogen) atoms. The Labute approximate surface area is 116 Å². The van der Waals surface area contributed by atoms with Gasteiger partial charge in [0.2, 0.25) is 5.78 Å². The predicted molar refractivity (Wildman–Crippen MR) is 42.2 cm³/mol. The number of carboxylic acids is 1. The maximum absolute atomic E-state index is 11.1. The Morgan fingerprint density at radius 3 is 2.25 bits per heavy atom. The molecule has 0 aromatic carbocycles. The van der Waals surface area contributed by atoms with Gasteiger partial charge in [-0.2, -0.15) is 0 Å². The van der Waals surface area contributed by atoms with Crippen LogP contribution in [0.25, 0.3) is 5.76 Å². The predicted octanol–water partition coefficient (Wildman–Crippen LogP) is -7.89. The zero-order valence-electron chi connectivity index (χ0n) is 8.97. The van der Waals surface area contributed by atoms with Crippen molar-refractivity contribution in [1.29, 1.82) is 0 Å². The minimum absolute atomic E-state index is 0. The molecule has 0 aliphatic rings. The largest absolute Gasteiger partial charge is 1.00 e. The first-order valence-corrected chi connectivity index (χ1v) is 3.66. The summed E-state index contributed by atoms with van der Waals surface area (Å²) in [6.07, 6.45) is 1.81. The van der Waals surface area contributed by atoms with Crippen molar-refractivity contribution in [2.24, 2.45) is 0 Å². The van der Waals surface area contributed by atoms with Crippen LogP contribution >= 0.6 is 0 Å². The zero-order valence-corrected chi connectivity index (χ0v) is 8.97. The first-order chi connectivity index (χ1) is 6.61. The maximum Gasteiger partial charge on any atom is 1.00 e. The molecule has 1 heterocycles. The summed E-state index contributed by atoms with van der Waals surface area (Å²) in [6.45, 7) is 0. The number of pyridine rings is 1. The molecule has 5 nitrogen and oxygen atoms in total. The molecule has 0 N–H and O–H groups in total. The Bertz CT molecular complexity index is 392. The molecule has 0 saturated carbocycles. The second-order valence-corrected chi connectivity index (χ2v) is 2.38. The van der Waals surface area contributed by atoms with Crippen LogP contribution in [0.1, 0.15) is 5.69 Å². The second-order valence-electron chi connectivity index (χ2n) is 2.38. The fourth-order valence-corrected chi connectivity index (χ4v) is 0.760. The molecule has 0 fully saturated rings. The van der Waals surface area contributed by atoms with Gasteiger partial charge in [-0.1, -0.05) is 11.8 Å². The van der Waals surface area contributed by atoms with E-state index in [1.807, 2.05) is 0 Å². The summed E-state index contributed by atoms with van der Waals surface area (Å²) in [7, 11) is 0. The average molecular weight is 205 g/mol. The van der Waals surface area contributed by atoms with Gasteiger partial charge in [-0.05, 0) is 18.2 Å². The molecule has 0 spiro atoms. The van der Waals surface area contributed by atoms with Crippen LogP contribution in [0.2, 0.25) is 0 Å². The molecular formula is C9H5Li2NO4. The number of rotatable bonds is 3. The van der Waals surface area contributed by atoms with E-state index in [4.69, 9.17) is 0 Å². The van der Waals surface area contributed by atoms with E-state index < -0.39 is 17.5 Å². The summed E-state index contributed by atoms with van der Waals surface area (Å²) in [5.41, 5.74) is 0.0158. The van der Waals surface area contributed by atoms with Gasteiger partial charge in [-0.25, -0.2) is 0 Å². The standard InChI is InChI=1S/C9H7NO4.2Li/c11-7(5-8(12)9(13)14)6-3-1-2-4-10-6;;/h1-5,11H,(H,13,14);;/q;2*+1/p-2/b7-5-;;. The van der Waals surface area contributed by atoms with Gasteiger partial charge in [-0.15, -0.1) is 0 Å². The van der Waals surface area contributed by atoms with E-state index in [1.165, 1.54) is 12.3 Å². The van der Waals surface area contributed by atoms with Gasteiger partial charge >= 0.3 is 37.7 Å². The van der Waals surface area contributed by atoms with Gasteiger partial charge < -0.3 is 15.0 Å². The van der Waals surface area contributed by atoms with Gasteiger partial charge in [0, 0.05) is 6.20 Å². The molecule has 0 aliphatic carbocycles. The summed E-state index contributed by atoms with van der Waals surface area (Å²) in [5, 5.41) is 21.1. The van der Waals surface area contributed by atoms with Crippen LogP contribution in [-0.4, -0.2) is 16.7 Å². The number of aromatic nitrogens is 1. The molecule has 0 amide bonds. The van der Waals surface area contributed by atoms with E-state index in [0.29, 0.717) is 6.08 Å². The SMILES string of the molecule is O=C([O-])C(=O)/C=C(\[O-])c1ccccn1.[Li+].[Li+]. The molecule has 0 unspecified atom stereocenters. The Morgan fingerprint density at radius 1 is 1.19 bits per heavy atom. The number of carbonyl (C=O) groups excluding carboxylic acids is 2. The monoisotopic (exact) mass is 205 g/mol. The minimum atomic E-state index is -1.91.